The summed E-state index contributed by atoms with van der Waals surface area (Å²) in [5, 5.41) is 2.83. The fraction of sp³-hybridized carbons (Fsp3) is 0.296. The third kappa shape index (κ3) is 7.80. The number of thioether (sulfide) groups is 1. The van der Waals surface area contributed by atoms with Crippen LogP contribution in [-0.4, -0.2) is 54.0 Å². The van der Waals surface area contributed by atoms with E-state index >= 15 is 0 Å². The minimum Gasteiger partial charge on any atom is -0.494 e. The van der Waals surface area contributed by atoms with Crippen molar-refractivity contribution in [2.45, 2.75) is 17.6 Å². The fourth-order valence-electron chi connectivity index (χ4n) is 3.51. The number of hydrogen-bond acceptors (Lipinski definition) is 7. The highest BCUT2D eigenvalue weighted by Gasteiger charge is 2.28. The van der Waals surface area contributed by atoms with Gasteiger partial charge in [-0.15, -0.1) is 0 Å². The van der Waals surface area contributed by atoms with Crippen molar-refractivity contribution < 1.29 is 27.4 Å². The molecule has 0 radical (unpaired) electrons. The maximum Gasteiger partial charge on any atom is 0.264 e. The second-order valence-corrected chi connectivity index (χ2v) is 10.8. The smallest absolute Gasteiger partial charge is 0.264 e. The minimum absolute atomic E-state index is 0.0229. The lowest BCUT2D eigenvalue weighted by Crippen LogP contribution is -2.41. The average Bonchev–Trinajstić information content (AvgIpc) is 2.92. The number of methoxy groups -OCH3 is 2. The summed E-state index contributed by atoms with van der Waals surface area (Å²) in [4.78, 5) is 12.8. The van der Waals surface area contributed by atoms with Crippen molar-refractivity contribution in [3.05, 3.63) is 78.4 Å². The standard InChI is InChI=1S/C27H32N2O6S2/c1-4-35-23-12-10-22(11-13-23)29(37(31,32)24-14-15-25(33-2)26(18-24)34-3)19-27(30)28-16-17-36-20-21-8-6-5-7-9-21/h5-15,18H,4,16-17,19-20H2,1-3H3,(H,28,30). The molecule has 0 heterocycles. The Balaban J connectivity index is 1.75. The van der Waals surface area contributed by atoms with Crippen LogP contribution in [0, 0.1) is 0 Å². The van der Waals surface area contributed by atoms with Gasteiger partial charge in [0, 0.05) is 24.1 Å². The summed E-state index contributed by atoms with van der Waals surface area (Å²) in [5.74, 6) is 2.41. The maximum absolute atomic E-state index is 13.7. The first-order valence-corrected chi connectivity index (χ1v) is 14.3. The molecule has 0 spiro atoms. The monoisotopic (exact) mass is 544 g/mol. The lowest BCUT2D eigenvalue weighted by Gasteiger charge is -2.24. The SMILES string of the molecule is CCOc1ccc(N(CC(=O)NCCSCc2ccccc2)S(=O)(=O)c2ccc(OC)c(OC)c2)cc1. The molecule has 3 rings (SSSR count). The molecule has 8 nitrogen and oxygen atoms in total. The molecule has 0 saturated heterocycles. The van der Waals surface area contributed by atoms with Gasteiger partial charge in [-0.3, -0.25) is 9.10 Å². The highest BCUT2D eigenvalue weighted by atomic mass is 32.2. The van der Waals surface area contributed by atoms with Crippen LogP contribution >= 0.6 is 11.8 Å². The van der Waals surface area contributed by atoms with Crippen molar-refractivity contribution in [2.24, 2.45) is 0 Å². The van der Waals surface area contributed by atoms with E-state index < -0.39 is 15.9 Å². The molecule has 0 aliphatic rings. The summed E-state index contributed by atoms with van der Waals surface area (Å²) in [5.41, 5.74) is 1.55. The van der Waals surface area contributed by atoms with Gasteiger partial charge in [0.05, 0.1) is 31.4 Å². The number of benzene rings is 3. The molecule has 0 aliphatic carbocycles. The van der Waals surface area contributed by atoms with E-state index in [-0.39, 0.29) is 17.2 Å². The molecular formula is C27H32N2O6S2. The van der Waals surface area contributed by atoms with Gasteiger partial charge in [0.25, 0.3) is 10.0 Å². The Bertz CT molecular complexity index is 1250. The van der Waals surface area contributed by atoms with Crippen LogP contribution in [0.5, 0.6) is 17.2 Å². The van der Waals surface area contributed by atoms with E-state index in [4.69, 9.17) is 14.2 Å². The van der Waals surface area contributed by atoms with Crippen LogP contribution in [0.1, 0.15) is 12.5 Å². The maximum atomic E-state index is 13.7. The predicted molar refractivity (Wildman–Crippen MR) is 147 cm³/mol. The summed E-state index contributed by atoms with van der Waals surface area (Å²) >= 11 is 1.69. The fourth-order valence-corrected chi connectivity index (χ4v) is 5.76. The highest BCUT2D eigenvalue weighted by molar-refractivity contribution is 7.98. The number of sulfonamides is 1. The molecule has 1 amide bonds. The van der Waals surface area contributed by atoms with Crippen molar-refractivity contribution in [2.75, 3.05) is 44.0 Å². The second kappa shape index (κ2) is 13.8. The van der Waals surface area contributed by atoms with Crippen LogP contribution in [0.4, 0.5) is 5.69 Å². The molecule has 0 saturated carbocycles. The third-order valence-corrected chi connectivity index (χ3v) is 8.15. The lowest BCUT2D eigenvalue weighted by atomic mass is 10.2. The molecule has 37 heavy (non-hydrogen) atoms. The Morgan fingerprint density at radius 1 is 0.946 bits per heavy atom. The van der Waals surface area contributed by atoms with Gasteiger partial charge in [-0.25, -0.2) is 8.42 Å². The van der Waals surface area contributed by atoms with Crippen molar-refractivity contribution in [1.29, 1.82) is 0 Å². The number of carbonyl (C=O) groups is 1. The van der Waals surface area contributed by atoms with Gasteiger partial charge in [0.1, 0.15) is 12.3 Å². The summed E-state index contributed by atoms with van der Waals surface area (Å²) < 4.78 is 44.5. The minimum atomic E-state index is -4.11. The number of nitrogens with one attached hydrogen (secondary N) is 1. The Kier molecular flexibility index (Phi) is 10.5. The van der Waals surface area contributed by atoms with Crippen molar-refractivity contribution in [3.63, 3.8) is 0 Å². The van der Waals surface area contributed by atoms with Gasteiger partial charge in [-0.05, 0) is 48.9 Å². The predicted octanol–water partition coefficient (Wildman–Crippen LogP) is 4.35. The topological polar surface area (TPSA) is 94.2 Å². The molecule has 0 bridgehead atoms. The summed E-state index contributed by atoms with van der Waals surface area (Å²) in [6.45, 7) is 2.39. The molecule has 10 heteroatoms. The van der Waals surface area contributed by atoms with Crippen LogP contribution in [0.2, 0.25) is 0 Å². The highest BCUT2D eigenvalue weighted by Crippen LogP contribution is 2.32. The Morgan fingerprint density at radius 2 is 1.65 bits per heavy atom. The number of hydrogen-bond donors (Lipinski definition) is 1. The number of nitrogens with zero attached hydrogens (tertiary/aromatic N) is 1. The molecule has 0 unspecified atom stereocenters. The molecule has 0 aromatic heterocycles. The van der Waals surface area contributed by atoms with Crippen molar-refractivity contribution in [1.82, 2.24) is 5.32 Å². The quantitative estimate of drug-likeness (QED) is 0.302. The van der Waals surface area contributed by atoms with Gasteiger partial charge in [-0.2, -0.15) is 11.8 Å². The van der Waals surface area contributed by atoms with E-state index in [1.807, 2.05) is 25.1 Å². The molecule has 3 aromatic carbocycles. The molecular weight excluding hydrogens is 512 g/mol. The molecule has 3 aromatic rings. The number of rotatable bonds is 14. The van der Waals surface area contributed by atoms with E-state index in [1.54, 1.807) is 36.0 Å². The first kappa shape index (κ1) is 28.2. The summed E-state index contributed by atoms with van der Waals surface area (Å²) in [6, 6.07) is 21.0. The van der Waals surface area contributed by atoms with Gasteiger partial charge in [0.2, 0.25) is 5.91 Å². The molecule has 0 atom stereocenters. The number of ether oxygens (including phenoxy) is 3. The van der Waals surface area contributed by atoms with Gasteiger partial charge >= 0.3 is 0 Å². The van der Waals surface area contributed by atoms with Crippen LogP contribution in [0.15, 0.2) is 77.7 Å². The van der Waals surface area contributed by atoms with E-state index in [1.165, 1.54) is 38.0 Å². The first-order chi connectivity index (χ1) is 17.9. The zero-order valence-corrected chi connectivity index (χ0v) is 22.8. The van der Waals surface area contributed by atoms with Gasteiger partial charge < -0.3 is 19.5 Å². The third-order valence-electron chi connectivity index (χ3n) is 5.35. The summed E-state index contributed by atoms with van der Waals surface area (Å²) in [7, 11) is -1.21. The Morgan fingerprint density at radius 3 is 2.30 bits per heavy atom. The number of amides is 1. The normalized spacial score (nSPS) is 11.0. The van der Waals surface area contributed by atoms with Crippen LogP contribution in [0.3, 0.4) is 0 Å². The molecule has 0 fully saturated rings. The van der Waals surface area contributed by atoms with E-state index in [2.05, 4.69) is 17.4 Å². The van der Waals surface area contributed by atoms with Crippen molar-refractivity contribution in [3.8, 4) is 17.2 Å². The van der Waals surface area contributed by atoms with E-state index in [0.29, 0.717) is 36.1 Å². The van der Waals surface area contributed by atoms with Gasteiger partial charge in [-0.1, -0.05) is 30.3 Å². The molecule has 0 aliphatic heterocycles. The summed E-state index contributed by atoms with van der Waals surface area (Å²) in [6.07, 6.45) is 0. The average molecular weight is 545 g/mol. The number of carbonyl (C=O) groups excluding carboxylic acids is 1. The second-order valence-electron chi connectivity index (χ2n) is 7.84. The van der Waals surface area contributed by atoms with Crippen molar-refractivity contribution >= 4 is 33.4 Å². The van der Waals surface area contributed by atoms with Crippen LogP contribution < -0.4 is 23.8 Å². The number of anilines is 1. The van der Waals surface area contributed by atoms with Crippen LogP contribution in [-0.2, 0) is 20.6 Å². The lowest BCUT2D eigenvalue weighted by molar-refractivity contribution is -0.119. The zero-order valence-electron chi connectivity index (χ0n) is 21.2. The van der Waals surface area contributed by atoms with E-state index in [9.17, 15) is 13.2 Å². The Hall–Kier alpha value is -3.37. The van der Waals surface area contributed by atoms with Crippen LogP contribution in [0.25, 0.3) is 0 Å². The Labute approximate surface area is 223 Å². The van der Waals surface area contributed by atoms with Gasteiger partial charge in [0.15, 0.2) is 11.5 Å². The molecule has 198 valence electrons. The molecule has 1 N–H and O–H groups in total. The largest absolute Gasteiger partial charge is 0.494 e. The van der Waals surface area contributed by atoms with E-state index in [0.717, 1.165) is 10.1 Å². The zero-order chi connectivity index (χ0) is 26.7. The first-order valence-electron chi connectivity index (χ1n) is 11.7.